The number of hydrogen-bond donors (Lipinski definition) is 1. The molecule has 0 fully saturated rings. The number of ether oxygens (including phenoxy) is 1. The highest BCUT2D eigenvalue weighted by Crippen LogP contribution is 2.25. The van der Waals surface area contributed by atoms with Gasteiger partial charge < -0.3 is 14.6 Å². The first kappa shape index (κ1) is 22.7. The lowest BCUT2D eigenvalue weighted by Crippen LogP contribution is -2.00. The van der Waals surface area contributed by atoms with Crippen LogP contribution in [-0.2, 0) is 9.53 Å². The quantitative estimate of drug-likeness (QED) is 0.255. The van der Waals surface area contributed by atoms with Gasteiger partial charge in [-0.2, -0.15) is 0 Å². The SMILES string of the molecule is C=C(/C(O)=C\C(=C/C)OCCCC(C)=O)c1nc(-c2ccccc2)n(-c2ccccc2)n1. The summed E-state index contributed by atoms with van der Waals surface area (Å²) in [5.74, 6) is 1.48. The van der Waals surface area contributed by atoms with E-state index < -0.39 is 0 Å². The number of rotatable bonds is 10. The van der Waals surface area contributed by atoms with E-state index in [1.54, 1.807) is 17.7 Å². The summed E-state index contributed by atoms with van der Waals surface area (Å²) in [5.41, 5.74) is 2.03. The van der Waals surface area contributed by atoms with Crippen LogP contribution >= 0.6 is 0 Å². The van der Waals surface area contributed by atoms with Gasteiger partial charge in [-0.15, -0.1) is 5.10 Å². The van der Waals surface area contributed by atoms with Gasteiger partial charge in [0.25, 0.3) is 0 Å². The molecule has 0 radical (unpaired) electrons. The van der Waals surface area contributed by atoms with Crippen LogP contribution in [0.1, 0.15) is 32.5 Å². The number of ketones is 1. The molecule has 164 valence electrons. The van der Waals surface area contributed by atoms with Crippen LogP contribution in [0.3, 0.4) is 0 Å². The largest absolute Gasteiger partial charge is 0.507 e. The molecule has 6 nitrogen and oxygen atoms in total. The van der Waals surface area contributed by atoms with E-state index in [2.05, 4.69) is 16.7 Å². The van der Waals surface area contributed by atoms with Gasteiger partial charge in [0.2, 0.25) is 0 Å². The minimum Gasteiger partial charge on any atom is -0.507 e. The molecular weight excluding hydrogens is 402 g/mol. The molecule has 0 unspecified atom stereocenters. The van der Waals surface area contributed by atoms with Crippen molar-refractivity contribution in [3.8, 4) is 17.1 Å². The third kappa shape index (κ3) is 5.82. The molecule has 0 saturated heterocycles. The summed E-state index contributed by atoms with van der Waals surface area (Å²) in [6.07, 6.45) is 4.30. The van der Waals surface area contributed by atoms with Gasteiger partial charge in [0.05, 0.1) is 17.9 Å². The minimum absolute atomic E-state index is 0.0884. The van der Waals surface area contributed by atoms with Crippen LogP contribution in [0.15, 0.2) is 90.9 Å². The summed E-state index contributed by atoms with van der Waals surface area (Å²) >= 11 is 0. The number of aliphatic hydroxyl groups is 1. The van der Waals surface area contributed by atoms with Crippen molar-refractivity contribution in [2.45, 2.75) is 26.7 Å². The number of allylic oxidation sites excluding steroid dienone is 3. The van der Waals surface area contributed by atoms with Crippen molar-refractivity contribution in [3.05, 3.63) is 96.7 Å². The fraction of sp³-hybridized carbons (Fsp3) is 0.192. The Morgan fingerprint density at radius 1 is 1.12 bits per heavy atom. The number of para-hydroxylation sites is 1. The van der Waals surface area contributed by atoms with Crippen molar-refractivity contribution in [2.75, 3.05) is 6.61 Å². The Labute approximate surface area is 188 Å². The predicted octanol–water partition coefficient (Wildman–Crippen LogP) is 5.68. The standard InChI is InChI=1S/C26H27N3O3/c1-4-23(32-17-11-12-19(2)30)18-24(31)20(3)25-27-26(21-13-7-5-8-14-21)29(28-25)22-15-9-6-10-16-22/h4-10,13-16,18,31H,3,11-12,17H2,1-2H3/b23-4+,24-18+. The van der Waals surface area contributed by atoms with Gasteiger partial charge in [0.15, 0.2) is 11.6 Å². The molecule has 0 aliphatic heterocycles. The fourth-order valence-corrected chi connectivity index (χ4v) is 3.02. The Bertz CT molecular complexity index is 1070. The first-order valence-electron chi connectivity index (χ1n) is 10.5. The molecule has 3 aromatic rings. The van der Waals surface area contributed by atoms with Crippen LogP contribution in [0.2, 0.25) is 0 Å². The second-order valence-corrected chi connectivity index (χ2v) is 7.23. The molecule has 0 amide bonds. The number of aliphatic hydroxyl groups excluding tert-OH is 1. The van der Waals surface area contributed by atoms with Gasteiger partial charge in [-0.05, 0) is 38.5 Å². The summed E-state index contributed by atoms with van der Waals surface area (Å²) in [4.78, 5) is 15.7. The van der Waals surface area contributed by atoms with E-state index >= 15 is 0 Å². The van der Waals surface area contributed by atoms with E-state index in [0.29, 0.717) is 36.9 Å². The Hall–Kier alpha value is -3.93. The van der Waals surface area contributed by atoms with E-state index in [9.17, 15) is 9.90 Å². The van der Waals surface area contributed by atoms with Crippen LogP contribution in [-0.4, -0.2) is 32.3 Å². The van der Waals surface area contributed by atoms with Crippen LogP contribution in [0.25, 0.3) is 22.6 Å². The smallest absolute Gasteiger partial charge is 0.185 e. The molecule has 32 heavy (non-hydrogen) atoms. The lowest BCUT2D eigenvalue weighted by Gasteiger charge is -2.07. The summed E-state index contributed by atoms with van der Waals surface area (Å²) in [6, 6.07) is 19.4. The Balaban J connectivity index is 1.87. The van der Waals surface area contributed by atoms with Crippen LogP contribution in [0.5, 0.6) is 0 Å². The Morgan fingerprint density at radius 2 is 1.78 bits per heavy atom. The monoisotopic (exact) mass is 429 g/mol. The molecule has 1 N–H and O–H groups in total. The Kier molecular flexibility index (Phi) is 7.75. The molecule has 6 heteroatoms. The van der Waals surface area contributed by atoms with Crippen molar-refractivity contribution in [3.63, 3.8) is 0 Å². The second-order valence-electron chi connectivity index (χ2n) is 7.23. The number of Topliss-reactive ketones (excluding diaryl/α,β-unsaturated/α-hetero) is 1. The molecule has 0 saturated carbocycles. The maximum atomic E-state index is 11.1. The van der Waals surface area contributed by atoms with E-state index in [1.807, 2.05) is 67.6 Å². The molecule has 1 aromatic heterocycles. The molecule has 0 spiro atoms. The molecule has 0 aliphatic rings. The van der Waals surface area contributed by atoms with Crippen molar-refractivity contribution in [1.82, 2.24) is 14.8 Å². The number of benzene rings is 2. The van der Waals surface area contributed by atoms with Gasteiger partial charge in [-0.1, -0.05) is 55.1 Å². The zero-order valence-electron chi connectivity index (χ0n) is 18.4. The summed E-state index contributed by atoms with van der Waals surface area (Å²) in [5, 5.41) is 15.3. The molecular formula is C26H27N3O3. The predicted molar refractivity (Wildman–Crippen MR) is 126 cm³/mol. The number of hydrogen-bond acceptors (Lipinski definition) is 5. The van der Waals surface area contributed by atoms with Gasteiger partial charge in [-0.25, -0.2) is 9.67 Å². The van der Waals surface area contributed by atoms with E-state index in [-0.39, 0.29) is 17.1 Å². The topological polar surface area (TPSA) is 77.2 Å². The molecule has 2 aromatic carbocycles. The number of aromatic nitrogens is 3. The summed E-state index contributed by atoms with van der Waals surface area (Å²) < 4.78 is 7.39. The number of carbonyl (C=O) groups is 1. The highest BCUT2D eigenvalue weighted by molar-refractivity contribution is 5.75. The molecule has 0 aliphatic carbocycles. The summed E-state index contributed by atoms with van der Waals surface area (Å²) in [7, 11) is 0. The van der Waals surface area contributed by atoms with Crippen molar-refractivity contribution in [1.29, 1.82) is 0 Å². The summed E-state index contributed by atoms with van der Waals surface area (Å²) in [6.45, 7) is 7.73. The van der Waals surface area contributed by atoms with Crippen LogP contribution < -0.4 is 0 Å². The first-order valence-corrected chi connectivity index (χ1v) is 10.5. The van der Waals surface area contributed by atoms with E-state index in [4.69, 9.17) is 4.74 Å². The molecule has 3 rings (SSSR count). The van der Waals surface area contributed by atoms with Crippen LogP contribution in [0, 0.1) is 0 Å². The minimum atomic E-state index is -0.0884. The third-order valence-corrected chi connectivity index (χ3v) is 4.72. The maximum absolute atomic E-state index is 11.1. The first-order chi connectivity index (χ1) is 15.5. The lowest BCUT2D eigenvalue weighted by molar-refractivity contribution is -0.117. The Morgan fingerprint density at radius 3 is 2.41 bits per heavy atom. The fourth-order valence-electron chi connectivity index (χ4n) is 3.02. The second kappa shape index (κ2) is 10.9. The average Bonchev–Trinajstić information content (AvgIpc) is 3.27. The van der Waals surface area contributed by atoms with Gasteiger partial charge in [0, 0.05) is 18.1 Å². The van der Waals surface area contributed by atoms with Crippen molar-refractivity contribution in [2.24, 2.45) is 0 Å². The zero-order valence-corrected chi connectivity index (χ0v) is 18.4. The lowest BCUT2D eigenvalue weighted by atomic mass is 10.2. The molecule has 1 heterocycles. The number of carbonyl (C=O) groups excluding carboxylic acids is 1. The highest BCUT2D eigenvalue weighted by Gasteiger charge is 2.17. The van der Waals surface area contributed by atoms with E-state index in [0.717, 1.165) is 11.3 Å². The third-order valence-electron chi connectivity index (χ3n) is 4.72. The maximum Gasteiger partial charge on any atom is 0.185 e. The average molecular weight is 430 g/mol. The van der Waals surface area contributed by atoms with Crippen LogP contribution in [0.4, 0.5) is 0 Å². The highest BCUT2D eigenvalue weighted by atomic mass is 16.5. The van der Waals surface area contributed by atoms with E-state index in [1.165, 1.54) is 6.08 Å². The van der Waals surface area contributed by atoms with Crippen molar-refractivity contribution < 1.29 is 14.6 Å². The van der Waals surface area contributed by atoms with Crippen molar-refractivity contribution >= 4 is 11.4 Å². The zero-order chi connectivity index (χ0) is 22.9. The van der Waals surface area contributed by atoms with Gasteiger partial charge >= 0.3 is 0 Å². The van der Waals surface area contributed by atoms with Gasteiger partial charge in [0.1, 0.15) is 17.3 Å². The molecule has 0 atom stereocenters. The molecule has 0 bridgehead atoms. The normalized spacial score (nSPS) is 11.9. The number of nitrogens with zero attached hydrogens (tertiary/aromatic N) is 3. The van der Waals surface area contributed by atoms with Gasteiger partial charge in [-0.3, -0.25) is 0 Å².